The Morgan fingerprint density at radius 2 is 2.00 bits per heavy atom. The van der Waals surface area contributed by atoms with Gasteiger partial charge in [0.2, 0.25) is 0 Å². The minimum absolute atomic E-state index is 0.0248. The molecule has 1 unspecified atom stereocenters. The third-order valence-electron chi connectivity index (χ3n) is 3.68. The number of rotatable bonds is 5. The lowest BCUT2D eigenvalue weighted by Gasteiger charge is -2.23. The second kappa shape index (κ2) is 6.52. The lowest BCUT2D eigenvalue weighted by Crippen LogP contribution is -2.36. The normalized spacial score (nSPS) is 18.2. The van der Waals surface area contributed by atoms with E-state index in [0.29, 0.717) is 18.7 Å². The van der Waals surface area contributed by atoms with Gasteiger partial charge in [0.15, 0.2) is 0 Å². The summed E-state index contributed by atoms with van der Waals surface area (Å²) >= 11 is 0. The largest absolute Gasteiger partial charge is 0.481 e. The zero-order chi connectivity index (χ0) is 14.5. The van der Waals surface area contributed by atoms with Crippen molar-refractivity contribution in [3.05, 3.63) is 35.4 Å². The van der Waals surface area contributed by atoms with E-state index in [0.717, 1.165) is 24.8 Å². The van der Waals surface area contributed by atoms with Gasteiger partial charge in [0.25, 0.3) is 5.91 Å². The van der Waals surface area contributed by atoms with Crippen LogP contribution in [0.5, 0.6) is 0 Å². The van der Waals surface area contributed by atoms with E-state index in [1.807, 2.05) is 12.1 Å². The fourth-order valence-electron chi connectivity index (χ4n) is 2.66. The molecule has 1 atom stereocenters. The summed E-state index contributed by atoms with van der Waals surface area (Å²) in [6.07, 6.45) is 2.45. The summed E-state index contributed by atoms with van der Waals surface area (Å²) in [4.78, 5) is 24.9. The third-order valence-corrected chi connectivity index (χ3v) is 3.68. The lowest BCUT2D eigenvalue weighted by molar-refractivity contribution is -0.137. The molecular weight excluding hydrogens is 256 g/mol. The van der Waals surface area contributed by atoms with Crippen LogP contribution in [0.2, 0.25) is 0 Å². The van der Waals surface area contributed by atoms with Gasteiger partial charge in [-0.25, -0.2) is 0 Å². The molecule has 1 saturated heterocycles. The summed E-state index contributed by atoms with van der Waals surface area (Å²) in [6, 6.07) is 7.22. The fraction of sp³-hybridized carbons (Fsp3) is 0.467. The zero-order valence-electron chi connectivity index (χ0n) is 11.4. The van der Waals surface area contributed by atoms with Crippen LogP contribution in [0.4, 0.5) is 0 Å². The number of hydrogen-bond donors (Lipinski definition) is 2. The van der Waals surface area contributed by atoms with Crippen molar-refractivity contribution in [2.75, 3.05) is 13.1 Å². The second-order valence-electron chi connectivity index (χ2n) is 5.13. The number of likely N-dealkylation sites (tertiary alicyclic amines) is 1. The molecule has 20 heavy (non-hydrogen) atoms. The van der Waals surface area contributed by atoms with E-state index in [4.69, 9.17) is 10.8 Å². The highest BCUT2D eigenvalue weighted by Crippen LogP contribution is 2.22. The lowest BCUT2D eigenvalue weighted by atomic mass is 10.1. The Morgan fingerprint density at radius 3 is 2.60 bits per heavy atom. The number of nitrogens with two attached hydrogens (primary N) is 1. The summed E-state index contributed by atoms with van der Waals surface area (Å²) in [5.41, 5.74) is 7.21. The fourth-order valence-corrected chi connectivity index (χ4v) is 2.66. The first-order valence-electron chi connectivity index (χ1n) is 6.93. The minimum atomic E-state index is -0.854. The number of carboxylic acid groups (broad SMARTS) is 1. The van der Waals surface area contributed by atoms with Crippen molar-refractivity contribution in [1.82, 2.24) is 4.90 Å². The van der Waals surface area contributed by atoms with Gasteiger partial charge in [-0.05, 0) is 43.5 Å². The van der Waals surface area contributed by atoms with Gasteiger partial charge in [-0.2, -0.15) is 0 Å². The highest BCUT2D eigenvalue weighted by molar-refractivity contribution is 5.94. The maximum absolute atomic E-state index is 12.4. The predicted molar refractivity (Wildman–Crippen MR) is 75.5 cm³/mol. The monoisotopic (exact) mass is 276 g/mol. The maximum atomic E-state index is 12.4. The highest BCUT2D eigenvalue weighted by Gasteiger charge is 2.30. The van der Waals surface area contributed by atoms with Crippen LogP contribution < -0.4 is 5.73 Å². The number of carboxylic acids is 1. The van der Waals surface area contributed by atoms with Crippen LogP contribution in [-0.4, -0.2) is 41.0 Å². The number of nitrogens with zero attached hydrogens (tertiary/aromatic N) is 1. The molecule has 3 N–H and O–H groups in total. The van der Waals surface area contributed by atoms with Crippen molar-refractivity contribution < 1.29 is 14.7 Å². The van der Waals surface area contributed by atoms with Crippen LogP contribution in [0, 0.1) is 0 Å². The molecule has 108 valence electrons. The molecule has 1 aromatic rings. The predicted octanol–water partition coefficient (Wildman–Crippen LogP) is 1.27. The van der Waals surface area contributed by atoms with Crippen LogP contribution in [0.25, 0.3) is 0 Å². The maximum Gasteiger partial charge on any atom is 0.305 e. The Labute approximate surface area is 118 Å². The summed E-state index contributed by atoms with van der Waals surface area (Å²) < 4.78 is 0. The molecule has 0 aromatic heterocycles. The topological polar surface area (TPSA) is 83.6 Å². The number of hydrogen-bond acceptors (Lipinski definition) is 3. The molecule has 5 heteroatoms. The molecule has 1 fully saturated rings. The van der Waals surface area contributed by atoms with E-state index < -0.39 is 5.97 Å². The number of carbonyl (C=O) groups is 2. The molecular formula is C15H20N2O3. The van der Waals surface area contributed by atoms with Crippen molar-refractivity contribution in [2.24, 2.45) is 5.73 Å². The van der Waals surface area contributed by atoms with Crippen LogP contribution in [-0.2, 0) is 11.2 Å². The van der Waals surface area contributed by atoms with Gasteiger partial charge in [-0.3, -0.25) is 9.59 Å². The number of carbonyl (C=O) groups excluding carboxylic acids is 1. The Bertz CT molecular complexity index is 484. The quantitative estimate of drug-likeness (QED) is 0.848. The number of benzene rings is 1. The van der Waals surface area contributed by atoms with Crippen LogP contribution in [0.15, 0.2) is 24.3 Å². The van der Waals surface area contributed by atoms with Gasteiger partial charge >= 0.3 is 5.97 Å². The summed E-state index contributed by atoms with van der Waals surface area (Å²) in [7, 11) is 0. The van der Waals surface area contributed by atoms with E-state index in [2.05, 4.69) is 0 Å². The van der Waals surface area contributed by atoms with E-state index >= 15 is 0 Å². The Kier molecular flexibility index (Phi) is 4.74. The van der Waals surface area contributed by atoms with Gasteiger partial charge in [0.1, 0.15) is 0 Å². The van der Waals surface area contributed by atoms with Gasteiger partial charge in [0.05, 0.1) is 6.42 Å². The first-order chi connectivity index (χ1) is 9.61. The number of aliphatic carboxylic acids is 1. The van der Waals surface area contributed by atoms with E-state index in [1.54, 1.807) is 17.0 Å². The average Bonchev–Trinajstić information content (AvgIpc) is 2.86. The molecule has 1 aliphatic rings. The van der Waals surface area contributed by atoms with Gasteiger partial charge < -0.3 is 15.7 Å². The van der Waals surface area contributed by atoms with Crippen LogP contribution in [0.1, 0.15) is 35.2 Å². The van der Waals surface area contributed by atoms with Crippen molar-refractivity contribution >= 4 is 11.9 Å². The number of amides is 1. The smallest absolute Gasteiger partial charge is 0.305 e. The molecule has 5 nitrogen and oxygen atoms in total. The molecule has 0 spiro atoms. The van der Waals surface area contributed by atoms with Crippen LogP contribution >= 0.6 is 0 Å². The van der Waals surface area contributed by atoms with E-state index in [9.17, 15) is 9.59 Å². The zero-order valence-corrected chi connectivity index (χ0v) is 11.4. The first-order valence-corrected chi connectivity index (χ1v) is 6.93. The van der Waals surface area contributed by atoms with Gasteiger partial charge in [0, 0.05) is 18.2 Å². The van der Waals surface area contributed by atoms with Crippen molar-refractivity contribution in [3.8, 4) is 0 Å². The molecule has 1 heterocycles. The molecule has 2 rings (SSSR count). The molecule has 0 aliphatic carbocycles. The Hall–Kier alpha value is -1.88. The molecule has 1 amide bonds. The summed E-state index contributed by atoms with van der Waals surface area (Å²) in [5.74, 6) is -0.930. The Balaban J connectivity index is 2.07. The van der Waals surface area contributed by atoms with Gasteiger partial charge in [-0.15, -0.1) is 0 Å². The van der Waals surface area contributed by atoms with Crippen molar-refractivity contribution in [3.63, 3.8) is 0 Å². The van der Waals surface area contributed by atoms with Crippen molar-refractivity contribution in [2.45, 2.75) is 31.7 Å². The SMILES string of the molecule is NCCc1ccc(C(=O)N2CCCC2CC(=O)O)cc1. The highest BCUT2D eigenvalue weighted by atomic mass is 16.4. The van der Waals surface area contributed by atoms with Crippen LogP contribution in [0.3, 0.4) is 0 Å². The van der Waals surface area contributed by atoms with Gasteiger partial charge in [-0.1, -0.05) is 12.1 Å². The third kappa shape index (κ3) is 3.36. The molecule has 0 radical (unpaired) electrons. The van der Waals surface area contributed by atoms with E-state index in [-0.39, 0.29) is 18.4 Å². The van der Waals surface area contributed by atoms with Crippen molar-refractivity contribution in [1.29, 1.82) is 0 Å². The first kappa shape index (κ1) is 14.5. The van der Waals surface area contributed by atoms with E-state index in [1.165, 1.54) is 0 Å². The average molecular weight is 276 g/mol. The summed E-state index contributed by atoms with van der Waals surface area (Å²) in [5, 5.41) is 8.89. The second-order valence-corrected chi connectivity index (χ2v) is 5.13. The molecule has 0 saturated carbocycles. The molecule has 0 bridgehead atoms. The minimum Gasteiger partial charge on any atom is -0.481 e. The molecule has 1 aliphatic heterocycles. The Morgan fingerprint density at radius 1 is 1.30 bits per heavy atom. The summed E-state index contributed by atoms with van der Waals surface area (Å²) in [6.45, 7) is 1.22. The molecule has 1 aromatic carbocycles. The standard InChI is InChI=1S/C15H20N2O3/c16-8-7-11-3-5-12(6-4-11)15(20)17-9-1-2-13(17)10-14(18)19/h3-6,13H,1-2,7-10,16H2,(H,18,19).